The maximum atomic E-state index is 2.33. The lowest BCUT2D eigenvalue weighted by Crippen LogP contribution is -2.09. The summed E-state index contributed by atoms with van der Waals surface area (Å²) in [7, 11) is 0. The summed E-state index contributed by atoms with van der Waals surface area (Å²) in [6.45, 7) is 0. The van der Waals surface area contributed by atoms with Crippen LogP contribution in [-0.2, 0) is 0 Å². The molecule has 0 aromatic heterocycles. The number of rotatable bonds is 6. The van der Waals surface area contributed by atoms with Crippen molar-refractivity contribution in [3.8, 4) is 33.4 Å². The number of fused-ring (bicyclic) bond motifs is 4. The largest absolute Gasteiger partial charge is 0.311 e. The smallest absolute Gasteiger partial charge is 0.0462 e. The minimum atomic E-state index is 1.12. The highest BCUT2D eigenvalue weighted by Crippen LogP contribution is 2.39. The molecular formula is C48H33N. The van der Waals surface area contributed by atoms with Gasteiger partial charge >= 0.3 is 0 Å². The van der Waals surface area contributed by atoms with Crippen LogP contribution in [0.2, 0.25) is 0 Å². The Hall–Kier alpha value is -6.44. The summed E-state index contributed by atoms with van der Waals surface area (Å²) in [6.07, 6.45) is 0. The van der Waals surface area contributed by atoms with Crippen LogP contribution in [0.3, 0.4) is 0 Å². The summed E-state index contributed by atoms with van der Waals surface area (Å²) in [5.41, 5.74) is 10.7. The van der Waals surface area contributed by atoms with E-state index in [1.807, 2.05) is 0 Å². The zero-order valence-corrected chi connectivity index (χ0v) is 27.0. The number of para-hydroxylation sites is 1. The summed E-state index contributed by atoms with van der Waals surface area (Å²) in [5, 5.41) is 7.62. The van der Waals surface area contributed by atoms with Crippen molar-refractivity contribution in [3.63, 3.8) is 0 Å². The molecule has 9 aromatic carbocycles. The van der Waals surface area contributed by atoms with E-state index in [2.05, 4.69) is 205 Å². The van der Waals surface area contributed by atoms with Crippen LogP contribution in [0.15, 0.2) is 200 Å². The Morgan fingerprint density at radius 3 is 1.49 bits per heavy atom. The third kappa shape index (κ3) is 5.32. The summed E-state index contributed by atoms with van der Waals surface area (Å²) >= 11 is 0. The molecule has 1 nitrogen and oxygen atoms in total. The van der Waals surface area contributed by atoms with Crippen molar-refractivity contribution in [2.75, 3.05) is 4.90 Å². The zero-order valence-electron chi connectivity index (χ0n) is 27.0. The fourth-order valence-corrected chi connectivity index (χ4v) is 7.24. The average molecular weight is 624 g/mol. The summed E-state index contributed by atoms with van der Waals surface area (Å²) in [5.74, 6) is 0. The zero-order chi connectivity index (χ0) is 32.6. The van der Waals surface area contributed by atoms with E-state index >= 15 is 0 Å². The molecule has 9 rings (SSSR count). The van der Waals surface area contributed by atoms with Gasteiger partial charge in [0.2, 0.25) is 0 Å². The van der Waals surface area contributed by atoms with E-state index in [0.717, 1.165) is 17.1 Å². The Balaban J connectivity index is 1.07. The van der Waals surface area contributed by atoms with Gasteiger partial charge in [-0.05, 0) is 114 Å². The Morgan fingerprint density at radius 1 is 0.245 bits per heavy atom. The lowest BCUT2D eigenvalue weighted by Gasteiger charge is -2.26. The molecule has 0 unspecified atom stereocenters. The van der Waals surface area contributed by atoms with Crippen molar-refractivity contribution in [2.24, 2.45) is 0 Å². The second-order valence-corrected chi connectivity index (χ2v) is 12.6. The molecule has 0 fully saturated rings. The van der Waals surface area contributed by atoms with Gasteiger partial charge in [0.1, 0.15) is 0 Å². The second-order valence-electron chi connectivity index (χ2n) is 12.6. The highest BCUT2D eigenvalue weighted by atomic mass is 15.1. The fraction of sp³-hybridized carbons (Fsp3) is 0. The van der Waals surface area contributed by atoms with Gasteiger partial charge in [0.05, 0.1) is 0 Å². The van der Waals surface area contributed by atoms with Gasteiger partial charge in [-0.25, -0.2) is 0 Å². The van der Waals surface area contributed by atoms with Crippen molar-refractivity contribution in [2.45, 2.75) is 0 Å². The van der Waals surface area contributed by atoms with Gasteiger partial charge in [0.15, 0.2) is 0 Å². The normalized spacial score (nSPS) is 11.3. The van der Waals surface area contributed by atoms with Gasteiger partial charge in [-0.3, -0.25) is 0 Å². The minimum Gasteiger partial charge on any atom is -0.311 e. The first-order valence-electron chi connectivity index (χ1n) is 16.8. The fourth-order valence-electron chi connectivity index (χ4n) is 7.24. The number of hydrogen-bond donors (Lipinski definition) is 0. The van der Waals surface area contributed by atoms with E-state index in [4.69, 9.17) is 0 Å². The molecule has 0 aliphatic heterocycles. The van der Waals surface area contributed by atoms with Crippen molar-refractivity contribution in [3.05, 3.63) is 200 Å². The monoisotopic (exact) mass is 623 g/mol. The SMILES string of the molecule is c1ccc(-c2cccc3cc(-c4ccc(N(c5ccccc5)c5ccc(-c6cc7ccccc7c7ccccc67)cc5)cc4)ccc23)cc1. The summed E-state index contributed by atoms with van der Waals surface area (Å²) < 4.78 is 0. The summed E-state index contributed by atoms with van der Waals surface area (Å²) in [6, 6.07) is 72.3. The first kappa shape index (κ1) is 28.8. The number of benzene rings is 9. The van der Waals surface area contributed by atoms with Crippen molar-refractivity contribution in [1.82, 2.24) is 0 Å². The molecule has 9 aromatic rings. The quantitative estimate of drug-likeness (QED) is 0.167. The Bertz CT molecular complexity index is 2570. The van der Waals surface area contributed by atoms with Gasteiger partial charge in [-0.2, -0.15) is 0 Å². The molecule has 0 aliphatic carbocycles. The molecule has 0 aliphatic rings. The van der Waals surface area contributed by atoms with Gasteiger partial charge in [0.25, 0.3) is 0 Å². The molecule has 0 N–H and O–H groups in total. The van der Waals surface area contributed by atoms with E-state index in [-0.39, 0.29) is 0 Å². The molecule has 1 heteroatoms. The van der Waals surface area contributed by atoms with Gasteiger partial charge < -0.3 is 4.90 Å². The molecule has 0 saturated carbocycles. The number of anilines is 3. The molecule has 0 amide bonds. The first-order valence-corrected chi connectivity index (χ1v) is 16.8. The Morgan fingerprint density at radius 2 is 0.755 bits per heavy atom. The van der Waals surface area contributed by atoms with Crippen molar-refractivity contribution < 1.29 is 0 Å². The molecule has 0 radical (unpaired) electrons. The van der Waals surface area contributed by atoms with Crippen LogP contribution >= 0.6 is 0 Å². The van der Waals surface area contributed by atoms with Crippen LogP contribution in [0, 0.1) is 0 Å². The standard InChI is InChI=1S/C48H33N/c1-3-12-35(13-4-1)43-21-11-15-38-32-37(26-31-45(38)43)34-22-27-41(28-23-34)49(40-16-5-2-6-17-40)42-29-24-36(25-30-42)48-33-39-14-7-8-18-44(39)46-19-9-10-20-47(46)48/h1-33H. The average Bonchev–Trinajstić information content (AvgIpc) is 3.18. The molecule has 230 valence electrons. The molecule has 49 heavy (non-hydrogen) atoms. The first-order chi connectivity index (χ1) is 24.3. The molecule has 0 spiro atoms. The van der Waals surface area contributed by atoms with E-state index in [1.165, 1.54) is 65.7 Å². The molecule has 0 bridgehead atoms. The Kier molecular flexibility index (Phi) is 7.22. The van der Waals surface area contributed by atoms with Crippen LogP contribution in [0.4, 0.5) is 17.1 Å². The highest BCUT2D eigenvalue weighted by molar-refractivity contribution is 6.13. The number of hydrogen-bond acceptors (Lipinski definition) is 1. The second kappa shape index (κ2) is 12.3. The van der Waals surface area contributed by atoms with Crippen LogP contribution < -0.4 is 4.90 Å². The molecule has 0 heterocycles. The Labute approximate surface area is 287 Å². The topological polar surface area (TPSA) is 3.24 Å². The number of nitrogens with zero attached hydrogens (tertiary/aromatic N) is 1. The molecular weight excluding hydrogens is 591 g/mol. The molecule has 0 saturated heterocycles. The maximum Gasteiger partial charge on any atom is 0.0462 e. The predicted octanol–water partition coefficient (Wildman–Crippen LogP) is 13.6. The predicted molar refractivity (Wildman–Crippen MR) is 210 cm³/mol. The van der Waals surface area contributed by atoms with Crippen LogP contribution in [-0.4, -0.2) is 0 Å². The minimum absolute atomic E-state index is 1.12. The molecule has 0 atom stereocenters. The van der Waals surface area contributed by atoms with E-state index in [9.17, 15) is 0 Å². The van der Waals surface area contributed by atoms with E-state index in [1.54, 1.807) is 0 Å². The third-order valence-electron chi connectivity index (χ3n) is 9.64. The lowest BCUT2D eigenvalue weighted by atomic mass is 9.93. The maximum absolute atomic E-state index is 2.33. The lowest BCUT2D eigenvalue weighted by molar-refractivity contribution is 1.28. The van der Waals surface area contributed by atoms with Gasteiger partial charge in [-0.15, -0.1) is 0 Å². The van der Waals surface area contributed by atoms with E-state index in [0.29, 0.717) is 0 Å². The van der Waals surface area contributed by atoms with Crippen molar-refractivity contribution in [1.29, 1.82) is 0 Å². The van der Waals surface area contributed by atoms with Crippen LogP contribution in [0.1, 0.15) is 0 Å². The van der Waals surface area contributed by atoms with Gasteiger partial charge in [-0.1, -0.05) is 152 Å². The third-order valence-corrected chi connectivity index (χ3v) is 9.64. The van der Waals surface area contributed by atoms with Crippen LogP contribution in [0.5, 0.6) is 0 Å². The summed E-state index contributed by atoms with van der Waals surface area (Å²) in [4.78, 5) is 2.33. The van der Waals surface area contributed by atoms with E-state index < -0.39 is 0 Å². The van der Waals surface area contributed by atoms with Crippen LogP contribution in [0.25, 0.3) is 65.7 Å². The van der Waals surface area contributed by atoms with Crippen molar-refractivity contribution >= 4 is 49.4 Å². The highest BCUT2D eigenvalue weighted by Gasteiger charge is 2.15. The van der Waals surface area contributed by atoms with Gasteiger partial charge in [0, 0.05) is 17.1 Å².